The lowest BCUT2D eigenvalue weighted by atomic mass is 10.3. The zero-order chi connectivity index (χ0) is 16.1. The first-order chi connectivity index (χ1) is 11.2. The standard InChI is InChI=1S/C15H13N5O2S/c16-14-18-12(8-22-13(21)10-6-7-23-9-10)19-15(20-14)17-11-4-2-1-3-5-11/h1-7,9H,8H2,(H3,16,17,18,19,20). The van der Waals surface area contributed by atoms with Crippen molar-refractivity contribution >= 4 is 34.9 Å². The smallest absolute Gasteiger partial charge is 0.339 e. The molecule has 0 spiro atoms. The van der Waals surface area contributed by atoms with E-state index in [0.29, 0.717) is 11.5 Å². The van der Waals surface area contributed by atoms with Crippen molar-refractivity contribution in [2.24, 2.45) is 0 Å². The van der Waals surface area contributed by atoms with Crippen LogP contribution in [0.1, 0.15) is 16.2 Å². The van der Waals surface area contributed by atoms with Crippen LogP contribution in [0.4, 0.5) is 17.6 Å². The Morgan fingerprint density at radius 1 is 1.17 bits per heavy atom. The maximum absolute atomic E-state index is 11.8. The highest BCUT2D eigenvalue weighted by Crippen LogP contribution is 2.13. The Bertz CT molecular complexity index is 793. The van der Waals surface area contributed by atoms with Crippen molar-refractivity contribution < 1.29 is 9.53 Å². The van der Waals surface area contributed by atoms with Gasteiger partial charge < -0.3 is 15.8 Å². The van der Waals surface area contributed by atoms with Crippen LogP contribution in [0.2, 0.25) is 0 Å². The molecule has 0 fully saturated rings. The second-order valence-electron chi connectivity index (χ2n) is 4.51. The summed E-state index contributed by atoms with van der Waals surface area (Å²) in [4.78, 5) is 24.0. The molecule has 0 unspecified atom stereocenters. The zero-order valence-corrected chi connectivity index (χ0v) is 12.8. The largest absolute Gasteiger partial charge is 0.454 e. The number of ether oxygens (including phenoxy) is 1. The molecule has 0 bridgehead atoms. The first-order valence-corrected chi connectivity index (χ1v) is 7.67. The Labute approximate surface area is 136 Å². The molecule has 3 N–H and O–H groups in total. The summed E-state index contributed by atoms with van der Waals surface area (Å²) in [5.74, 6) is 0.201. The van der Waals surface area contributed by atoms with Crippen molar-refractivity contribution in [2.45, 2.75) is 6.61 Å². The van der Waals surface area contributed by atoms with Gasteiger partial charge in [-0.05, 0) is 23.6 Å². The number of hydrogen-bond acceptors (Lipinski definition) is 8. The third kappa shape index (κ3) is 4.01. The van der Waals surface area contributed by atoms with Gasteiger partial charge in [0.25, 0.3) is 0 Å². The molecule has 2 heterocycles. The number of benzene rings is 1. The quantitative estimate of drug-likeness (QED) is 0.694. The number of carbonyl (C=O) groups excluding carboxylic acids is 1. The number of nitrogen functional groups attached to an aromatic ring is 1. The second kappa shape index (κ2) is 6.84. The van der Waals surface area contributed by atoms with Crippen LogP contribution in [-0.2, 0) is 11.3 Å². The summed E-state index contributed by atoms with van der Waals surface area (Å²) >= 11 is 1.42. The fourth-order valence-electron chi connectivity index (χ4n) is 1.80. The van der Waals surface area contributed by atoms with E-state index in [1.54, 1.807) is 16.8 Å². The Morgan fingerprint density at radius 3 is 2.74 bits per heavy atom. The minimum absolute atomic E-state index is 0.0556. The molecule has 116 valence electrons. The molecule has 0 amide bonds. The molecule has 0 aliphatic rings. The molecule has 0 aliphatic heterocycles. The summed E-state index contributed by atoms with van der Waals surface area (Å²) in [5, 5.41) is 6.54. The lowest BCUT2D eigenvalue weighted by Gasteiger charge is -2.07. The molecular formula is C15H13N5O2S. The van der Waals surface area contributed by atoms with Crippen molar-refractivity contribution in [1.82, 2.24) is 15.0 Å². The van der Waals surface area contributed by atoms with Crippen LogP contribution in [0.5, 0.6) is 0 Å². The van der Waals surface area contributed by atoms with Crippen molar-refractivity contribution in [1.29, 1.82) is 0 Å². The molecule has 0 saturated heterocycles. The SMILES string of the molecule is Nc1nc(COC(=O)c2ccsc2)nc(Nc2ccccc2)n1. The van der Waals surface area contributed by atoms with Gasteiger partial charge in [-0.3, -0.25) is 0 Å². The van der Waals surface area contributed by atoms with Gasteiger partial charge in [0, 0.05) is 11.1 Å². The summed E-state index contributed by atoms with van der Waals surface area (Å²) in [6, 6.07) is 11.1. The van der Waals surface area contributed by atoms with Crippen molar-refractivity contribution in [3.63, 3.8) is 0 Å². The van der Waals surface area contributed by atoms with Crippen molar-refractivity contribution in [3.8, 4) is 0 Å². The van der Waals surface area contributed by atoms with E-state index < -0.39 is 5.97 Å². The van der Waals surface area contributed by atoms with Crippen LogP contribution in [0.3, 0.4) is 0 Å². The van der Waals surface area contributed by atoms with E-state index in [4.69, 9.17) is 10.5 Å². The van der Waals surface area contributed by atoms with E-state index in [9.17, 15) is 4.79 Å². The maximum Gasteiger partial charge on any atom is 0.339 e. The zero-order valence-electron chi connectivity index (χ0n) is 12.0. The van der Waals surface area contributed by atoms with Gasteiger partial charge in [-0.15, -0.1) is 0 Å². The van der Waals surface area contributed by atoms with Crippen LogP contribution in [0.25, 0.3) is 0 Å². The summed E-state index contributed by atoms with van der Waals surface area (Å²) in [6.45, 7) is -0.0785. The van der Waals surface area contributed by atoms with E-state index in [2.05, 4.69) is 20.3 Å². The molecule has 2 aromatic heterocycles. The highest BCUT2D eigenvalue weighted by atomic mass is 32.1. The van der Waals surface area contributed by atoms with E-state index in [1.807, 2.05) is 30.3 Å². The Morgan fingerprint density at radius 2 is 2.00 bits per heavy atom. The number of rotatable bonds is 5. The fourth-order valence-corrected chi connectivity index (χ4v) is 2.43. The average molecular weight is 327 g/mol. The first-order valence-electron chi connectivity index (χ1n) is 6.72. The molecule has 0 atom stereocenters. The minimum Gasteiger partial charge on any atom is -0.454 e. The normalized spacial score (nSPS) is 10.3. The predicted octanol–water partition coefficient (Wildman–Crippen LogP) is 2.62. The number of para-hydroxylation sites is 1. The molecule has 7 nitrogen and oxygen atoms in total. The molecule has 8 heteroatoms. The van der Waals surface area contributed by atoms with Gasteiger partial charge in [0.1, 0.15) is 0 Å². The third-order valence-corrected chi connectivity index (χ3v) is 3.50. The number of hydrogen-bond donors (Lipinski definition) is 2. The van der Waals surface area contributed by atoms with Crippen molar-refractivity contribution in [3.05, 3.63) is 58.5 Å². The highest BCUT2D eigenvalue weighted by molar-refractivity contribution is 7.08. The number of nitrogens with two attached hydrogens (primary N) is 1. The summed E-state index contributed by atoms with van der Waals surface area (Å²) in [5.41, 5.74) is 6.99. The minimum atomic E-state index is -0.428. The van der Waals surface area contributed by atoms with Crippen molar-refractivity contribution in [2.75, 3.05) is 11.1 Å². The number of carbonyl (C=O) groups is 1. The molecule has 1 aromatic carbocycles. The molecule has 0 radical (unpaired) electrons. The number of nitrogens with one attached hydrogen (secondary N) is 1. The first kappa shape index (κ1) is 14.9. The highest BCUT2D eigenvalue weighted by Gasteiger charge is 2.10. The van der Waals surface area contributed by atoms with Crippen LogP contribution < -0.4 is 11.1 Å². The summed E-state index contributed by atoms with van der Waals surface area (Å²) < 4.78 is 5.16. The lowest BCUT2D eigenvalue weighted by Crippen LogP contribution is -2.10. The number of anilines is 3. The predicted molar refractivity (Wildman–Crippen MR) is 87.4 cm³/mol. The molecular weight excluding hydrogens is 314 g/mol. The van der Waals surface area contributed by atoms with Gasteiger partial charge in [-0.2, -0.15) is 26.3 Å². The van der Waals surface area contributed by atoms with E-state index in [1.165, 1.54) is 11.3 Å². The third-order valence-electron chi connectivity index (χ3n) is 2.82. The van der Waals surface area contributed by atoms with E-state index >= 15 is 0 Å². The van der Waals surface area contributed by atoms with Crippen LogP contribution >= 0.6 is 11.3 Å². The Hall–Kier alpha value is -3.00. The van der Waals surface area contributed by atoms with E-state index in [-0.39, 0.29) is 18.4 Å². The van der Waals surface area contributed by atoms with Crippen LogP contribution in [0.15, 0.2) is 47.2 Å². The summed E-state index contributed by atoms with van der Waals surface area (Å²) in [7, 11) is 0. The molecule has 3 rings (SSSR count). The molecule has 23 heavy (non-hydrogen) atoms. The van der Waals surface area contributed by atoms with Gasteiger partial charge in [0.15, 0.2) is 12.4 Å². The lowest BCUT2D eigenvalue weighted by molar-refractivity contribution is 0.0463. The average Bonchev–Trinajstić information content (AvgIpc) is 3.07. The van der Waals surface area contributed by atoms with Gasteiger partial charge in [-0.25, -0.2) is 4.79 Å². The van der Waals surface area contributed by atoms with E-state index in [0.717, 1.165) is 5.69 Å². The second-order valence-corrected chi connectivity index (χ2v) is 5.29. The molecule has 0 aliphatic carbocycles. The molecule has 0 saturated carbocycles. The maximum atomic E-state index is 11.8. The van der Waals surface area contributed by atoms with Crippen LogP contribution in [-0.4, -0.2) is 20.9 Å². The Kier molecular flexibility index (Phi) is 4.44. The number of thiophene rings is 1. The van der Waals surface area contributed by atoms with Gasteiger partial charge >= 0.3 is 5.97 Å². The molecule has 3 aromatic rings. The van der Waals surface area contributed by atoms with Gasteiger partial charge in [0.05, 0.1) is 5.56 Å². The Balaban J connectivity index is 1.69. The van der Waals surface area contributed by atoms with Crippen LogP contribution in [0, 0.1) is 0 Å². The number of aromatic nitrogens is 3. The number of esters is 1. The topological polar surface area (TPSA) is 103 Å². The fraction of sp³-hybridized carbons (Fsp3) is 0.0667. The summed E-state index contributed by atoms with van der Waals surface area (Å²) in [6.07, 6.45) is 0. The van der Waals surface area contributed by atoms with Gasteiger partial charge in [-0.1, -0.05) is 18.2 Å². The number of nitrogens with zero attached hydrogens (tertiary/aromatic N) is 3. The monoisotopic (exact) mass is 327 g/mol. The van der Waals surface area contributed by atoms with Gasteiger partial charge in [0.2, 0.25) is 11.9 Å².